The summed E-state index contributed by atoms with van der Waals surface area (Å²) >= 11 is 9.22. The van der Waals surface area contributed by atoms with Crippen molar-refractivity contribution in [2.45, 2.75) is 6.54 Å². The molecule has 1 amide bonds. The van der Waals surface area contributed by atoms with Crippen molar-refractivity contribution in [1.29, 1.82) is 0 Å². The number of hydrogen-bond donors (Lipinski definition) is 2. The van der Waals surface area contributed by atoms with Crippen LogP contribution in [0.15, 0.2) is 40.9 Å². The van der Waals surface area contributed by atoms with Gasteiger partial charge in [0.2, 0.25) is 5.91 Å². The molecule has 0 aliphatic heterocycles. The molecule has 0 aliphatic carbocycles. The molecule has 0 unspecified atom stereocenters. The molecule has 0 heterocycles. The number of benzene rings is 2. The second kappa shape index (κ2) is 6.24. The lowest BCUT2D eigenvalue weighted by atomic mass is 10.1. The topological polar surface area (TPSA) is 55.1 Å². The Kier molecular flexibility index (Phi) is 4.62. The second-order valence-electron chi connectivity index (χ2n) is 4.16. The number of primary amides is 1. The van der Waals surface area contributed by atoms with Gasteiger partial charge < -0.3 is 11.1 Å². The van der Waals surface area contributed by atoms with Crippen LogP contribution in [-0.4, -0.2) is 5.91 Å². The molecule has 0 aromatic heterocycles. The summed E-state index contributed by atoms with van der Waals surface area (Å²) < 4.78 is 14.4. The van der Waals surface area contributed by atoms with Crippen molar-refractivity contribution in [2.75, 3.05) is 5.32 Å². The molecule has 20 heavy (non-hydrogen) atoms. The molecule has 0 atom stereocenters. The third-order valence-corrected chi connectivity index (χ3v) is 3.93. The van der Waals surface area contributed by atoms with E-state index in [9.17, 15) is 9.18 Å². The third-order valence-electron chi connectivity index (χ3n) is 2.72. The number of amides is 1. The largest absolute Gasteiger partial charge is 0.379 e. The molecule has 3 N–H and O–H groups in total. The Hall–Kier alpha value is -1.59. The van der Waals surface area contributed by atoms with E-state index in [4.69, 9.17) is 17.3 Å². The number of hydrogen-bond acceptors (Lipinski definition) is 2. The van der Waals surface area contributed by atoms with Crippen LogP contribution < -0.4 is 11.1 Å². The van der Waals surface area contributed by atoms with E-state index in [0.717, 1.165) is 10.0 Å². The Labute approximate surface area is 129 Å². The fraction of sp³-hybridized carbons (Fsp3) is 0.0714. The molecule has 0 radical (unpaired) electrons. The highest BCUT2D eigenvalue weighted by molar-refractivity contribution is 9.10. The molecule has 0 spiro atoms. The van der Waals surface area contributed by atoms with Crippen molar-refractivity contribution >= 4 is 39.1 Å². The fourth-order valence-electron chi connectivity index (χ4n) is 1.66. The molecule has 0 fully saturated rings. The van der Waals surface area contributed by atoms with E-state index in [1.807, 2.05) is 12.1 Å². The predicted octanol–water partition coefficient (Wildman–Crippen LogP) is 3.95. The summed E-state index contributed by atoms with van der Waals surface area (Å²) in [7, 11) is 0. The zero-order valence-corrected chi connectivity index (χ0v) is 12.6. The minimum atomic E-state index is -0.595. The molecule has 104 valence electrons. The zero-order valence-electron chi connectivity index (χ0n) is 10.3. The molecule has 2 aromatic carbocycles. The first-order valence-corrected chi connectivity index (χ1v) is 6.91. The van der Waals surface area contributed by atoms with Crippen LogP contribution in [0.25, 0.3) is 0 Å². The van der Waals surface area contributed by atoms with Crippen molar-refractivity contribution in [3.8, 4) is 0 Å². The van der Waals surface area contributed by atoms with E-state index in [0.29, 0.717) is 11.6 Å². The number of halogens is 3. The molecule has 6 heteroatoms. The predicted molar refractivity (Wildman–Crippen MR) is 81.4 cm³/mol. The lowest BCUT2D eigenvalue weighted by molar-refractivity contribution is 0.100. The summed E-state index contributed by atoms with van der Waals surface area (Å²) in [5.74, 6) is -1.04. The maximum atomic E-state index is 13.6. The van der Waals surface area contributed by atoms with Crippen LogP contribution in [0.1, 0.15) is 15.9 Å². The van der Waals surface area contributed by atoms with Gasteiger partial charge in [0.05, 0.1) is 10.7 Å². The zero-order chi connectivity index (χ0) is 14.7. The van der Waals surface area contributed by atoms with Gasteiger partial charge in [0.25, 0.3) is 0 Å². The lowest BCUT2D eigenvalue weighted by Crippen LogP contribution is -2.12. The van der Waals surface area contributed by atoms with Crippen LogP contribution in [0.2, 0.25) is 5.02 Å². The van der Waals surface area contributed by atoms with Gasteiger partial charge in [-0.1, -0.05) is 17.7 Å². The van der Waals surface area contributed by atoms with E-state index < -0.39 is 11.7 Å². The Morgan fingerprint density at radius 1 is 1.30 bits per heavy atom. The number of rotatable bonds is 4. The molecule has 0 aliphatic rings. The quantitative estimate of drug-likeness (QED) is 0.870. The minimum Gasteiger partial charge on any atom is -0.379 e. The van der Waals surface area contributed by atoms with Crippen molar-refractivity contribution in [3.05, 3.63) is 62.8 Å². The van der Waals surface area contributed by atoms with Gasteiger partial charge in [0.1, 0.15) is 5.82 Å². The second-order valence-corrected chi connectivity index (χ2v) is 5.42. The van der Waals surface area contributed by atoms with Crippen LogP contribution >= 0.6 is 27.5 Å². The molecule has 2 aromatic rings. The van der Waals surface area contributed by atoms with Crippen LogP contribution in [0.4, 0.5) is 10.1 Å². The summed E-state index contributed by atoms with van der Waals surface area (Å²) in [6.07, 6.45) is 0. The van der Waals surface area contributed by atoms with Crippen LogP contribution in [0.3, 0.4) is 0 Å². The Bertz CT molecular complexity index is 664. The number of nitrogens with two attached hydrogens (primary N) is 1. The van der Waals surface area contributed by atoms with Gasteiger partial charge in [-0.2, -0.15) is 0 Å². The van der Waals surface area contributed by atoms with Crippen molar-refractivity contribution in [1.82, 2.24) is 0 Å². The number of anilines is 1. The third kappa shape index (κ3) is 3.49. The van der Waals surface area contributed by atoms with E-state index in [-0.39, 0.29) is 11.3 Å². The minimum absolute atomic E-state index is 0.229. The van der Waals surface area contributed by atoms with Gasteiger partial charge in [-0.3, -0.25) is 4.79 Å². The first-order chi connectivity index (χ1) is 9.47. The average molecular weight is 358 g/mol. The number of carbonyl (C=O) groups excluding carboxylic acids is 1. The van der Waals surface area contributed by atoms with E-state index in [1.54, 1.807) is 6.07 Å². The highest BCUT2D eigenvalue weighted by atomic mass is 79.9. The fourth-order valence-corrected chi connectivity index (χ4v) is 2.20. The molecular formula is C14H11BrClFN2O. The Balaban J connectivity index is 2.15. The standard InChI is InChI=1S/C14H11BrClFN2O/c15-10-5-8(1-3-11(10)16)7-19-13-6-9(14(18)20)2-4-12(13)17/h1-6,19H,7H2,(H2,18,20). The monoisotopic (exact) mass is 356 g/mol. The van der Waals surface area contributed by atoms with Gasteiger partial charge in [-0.25, -0.2) is 4.39 Å². The van der Waals surface area contributed by atoms with Gasteiger partial charge in [0, 0.05) is 16.6 Å². The smallest absolute Gasteiger partial charge is 0.248 e. The van der Waals surface area contributed by atoms with Gasteiger partial charge in [0.15, 0.2) is 0 Å². The van der Waals surface area contributed by atoms with Crippen molar-refractivity contribution in [2.24, 2.45) is 5.73 Å². The number of carbonyl (C=O) groups is 1. The Morgan fingerprint density at radius 3 is 2.70 bits per heavy atom. The molecular weight excluding hydrogens is 347 g/mol. The van der Waals surface area contributed by atoms with Gasteiger partial charge in [-0.15, -0.1) is 0 Å². The van der Waals surface area contributed by atoms with Gasteiger partial charge in [-0.05, 0) is 51.8 Å². The average Bonchev–Trinajstić information content (AvgIpc) is 2.41. The van der Waals surface area contributed by atoms with Crippen LogP contribution in [0.5, 0.6) is 0 Å². The highest BCUT2D eigenvalue weighted by Gasteiger charge is 2.07. The first kappa shape index (κ1) is 14.8. The summed E-state index contributed by atoms with van der Waals surface area (Å²) in [5.41, 5.74) is 6.57. The van der Waals surface area contributed by atoms with E-state index in [2.05, 4.69) is 21.2 Å². The molecule has 0 saturated heterocycles. The molecule has 3 nitrogen and oxygen atoms in total. The lowest BCUT2D eigenvalue weighted by Gasteiger charge is -2.09. The summed E-state index contributed by atoms with van der Waals surface area (Å²) in [4.78, 5) is 11.1. The summed E-state index contributed by atoms with van der Waals surface area (Å²) in [5, 5.41) is 3.53. The normalized spacial score (nSPS) is 10.3. The Morgan fingerprint density at radius 2 is 2.05 bits per heavy atom. The SMILES string of the molecule is NC(=O)c1ccc(F)c(NCc2ccc(Cl)c(Br)c2)c1. The van der Waals surface area contributed by atoms with Crippen molar-refractivity contribution < 1.29 is 9.18 Å². The van der Waals surface area contributed by atoms with E-state index >= 15 is 0 Å². The summed E-state index contributed by atoms with van der Waals surface area (Å²) in [6, 6.07) is 9.37. The molecule has 2 rings (SSSR count). The van der Waals surface area contributed by atoms with Crippen LogP contribution in [-0.2, 0) is 6.54 Å². The van der Waals surface area contributed by atoms with E-state index in [1.165, 1.54) is 18.2 Å². The first-order valence-electron chi connectivity index (χ1n) is 5.74. The molecule has 0 bridgehead atoms. The van der Waals surface area contributed by atoms with Crippen LogP contribution in [0, 0.1) is 5.82 Å². The highest BCUT2D eigenvalue weighted by Crippen LogP contribution is 2.24. The maximum absolute atomic E-state index is 13.6. The maximum Gasteiger partial charge on any atom is 0.248 e. The number of nitrogens with one attached hydrogen (secondary N) is 1. The summed E-state index contributed by atoms with van der Waals surface area (Å²) in [6.45, 7) is 0.398. The van der Waals surface area contributed by atoms with Gasteiger partial charge >= 0.3 is 0 Å². The van der Waals surface area contributed by atoms with Crippen molar-refractivity contribution in [3.63, 3.8) is 0 Å². The molecule has 0 saturated carbocycles.